The first-order valence-corrected chi connectivity index (χ1v) is 6.69. The van der Waals surface area contributed by atoms with E-state index < -0.39 is 6.04 Å². The Labute approximate surface area is 122 Å². The number of hydrogen-bond acceptors (Lipinski definition) is 6. The van der Waals surface area contributed by atoms with Gasteiger partial charge in [-0.1, -0.05) is 11.6 Å². The van der Waals surface area contributed by atoms with E-state index in [2.05, 4.69) is 15.3 Å². The molecule has 0 unspecified atom stereocenters. The average Bonchev–Trinajstić information content (AvgIpc) is 2.49. The van der Waals surface area contributed by atoms with E-state index in [0.29, 0.717) is 37.1 Å². The molecule has 2 rings (SSSR count). The van der Waals surface area contributed by atoms with Crippen LogP contribution in [0.5, 0.6) is 6.01 Å². The number of aromatic nitrogens is 2. The Bertz CT molecular complexity index is 480. The molecule has 1 aliphatic heterocycles. The van der Waals surface area contributed by atoms with E-state index in [-0.39, 0.29) is 11.9 Å². The van der Waals surface area contributed by atoms with Crippen LogP contribution in [-0.2, 0) is 9.53 Å². The highest BCUT2D eigenvalue weighted by Gasteiger charge is 2.23. The fraction of sp³-hybridized carbons (Fsp3) is 0.583. The number of amides is 1. The molecule has 0 spiro atoms. The molecule has 0 saturated carbocycles. The van der Waals surface area contributed by atoms with Crippen molar-refractivity contribution in [3.05, 3.63) is 11.2 Å². The lowest BCUT2D eigenvalue weighted by atomic mass is 10.2. The van der Waals surface area contributed by atoms with E-state index in [9.17, 15) is 4.79 Å². The fourth-order valence-corrected chi connectivity index (χ4v) is 2.02. The van der Waals surface area contributed by atoms with Gasteiger partial charge in [-0.3, -0.25) is 4.79 Å². The molecular formula is C12H17ClN4O3. The van der Waals surface area contributed by atoms with E-state index >= 15 is 0 Å². The van der Waals surface area contributed by atoms with Gasteiger partial charge in [-0.25, -0.2) is 4.98 Å². The third-order valence-electron chi connectivity index (χ3n) is 2.95. The second kappa shape index (κ2) is 6.71. The van der Waals surface area contributed by atoms with E-state index in [1.807, 2.05) is 0 Å². The highest BCUT2D eigenvalue weighted by atomic mass is 35.5. The van der Waals surface area contributed by atoms with Crippen LogP contribution in [0.4, 0.5) is 5.82 Å². The molecule has 7 nitrogen and oxygen atoms in total. The van der Waals surface area contributed by atoms with Crippen molar-refractivity contribution in [1.82, 2.24) is 14.9 Å². The summed E-state index contributed by atoms with van der Waals surface area (Å²) in [6, 6.07) is -0.242. The lowest BCUT2D eigenvalue weighted by molar-refractivity contribution is -0.135. The zero-order valence-corrected chi connectivity index (χ0v) is 12.2. The predicted molar refractivity (Wildman–Crippen MR) is 74.1 cm³/mol. The maximum atomic E-state index is 12.3. The highest BCUT2D eigenvalue weighted by molar-refractivity contribution is 6.32. The van der Waals surface area contributed by atoms with E-state index in [0.717, 1.165) is 0 Å². The molecule has 0 radical (unpaired) electrons. The summed E-state index contributed by atoms with van der Waals surface area (Å²) in [5.41, 5.74) is 0. The van der Waals surface area contributed by atoms with Crippen molar-refractivity contribution in [2.75, 3.05) is 38.7 Å². The lowest BCUT2D eigenvalue weighted by Crippen LogP contribution is -2.47. The minimum atomic E-state index is -0.440. The van der Waals surface area contributed by atoms with Gasteiger partial charge in [-0.2, -0.15) is 4.98 Å². The zero-order chi connectivity index (χ0) is 14.5. The van der Waals surface area contributed by atoms with Crippen molar-refractivity contribution in [3.8, 4) is 6.01 Å². The number of nitrogens with one attached hydrogen (secondary N) is 1. The third-order valence-corrected chi connectivity index (χ3v) is 3.23. The highest BCUT2D eigenvalue weighted by Crippen LogP contribution is 2.21. The average molecular weight is 301 g/mol. The topological polar surface area (TPSA) is 76.6 Å². The van der Waals surface area contributed by atoms with Crippen molar-refractivity contribution < 1.29 is 14.3 Å². The van der Waals surface area contributed by atoms with Gasteiger partial charge in [0.25, 0.3) is 0 Å². The van der Waals surface area contributed by atoms with Crippen LogP contribution < -0.4 is 10.1 Å². The number of ether oxygens (including phenoxy) is 2. The summed E-state index contributed by atoms with van der Waals surface area (Å²) in [6.07, 6.45) is 1.43. The maximum Gasteiger partial charge on any atom is 0.318 e. The second-order valence-corrected chi connectivity index (χ2v) is 4.76. The van der Waals surface area contributed by atoms with Crippen LogP contribution >= 0.6 is 11.6 Å². The molecule has 0 bridgehead atoms. The van der Waals surface area contributed by atoms with Gasteiger partial charge < -0.3 is 19.7 Å². The lowest BCUT2D eigenvalue weighted by Gasteiger charge is -2.29. The number of carbonyl (C=O) groups is 1. The quantitative estimate of drug-likeness (QED) is 0.886. The minimum absolute atomic E-state index is 0.0121. The maximum absolute atomic E-state index is 12.3. The van der Waals surface area contributed by atoms with E-state index in [1.54, 1.807) is 11.8 Å². The smallest absolute Gasteiger partial charge is 0.318 e. The summed E-state index contributed by atoms with van der Waals surface area (Å²) in [6.45, 7) is 4.11. The molecule has 1 aromatic rings. The van der Waals surface area contributed by atoms with Crippen LogP contribution in [-0.4, -0.2) is 60.2 Å². The second-order valence-electron chi connectivity index (χ2n) is 4.36. The summed E-state index contributed by atoms with van der Waals surface area (Å²) in [5.74, 6) is 0.370. The Morgan fingerprint density at radius 3 is 2.90 bits per heavy atom. The largest absolute Gasteiger partial charge is 0.467 e. The number of hydrogen-bond donors (Lipinski definition) is 1. The molecular weight excluding hydrogens is 284 g/mol. The number of rotatable bonds is 4. The Morgan fingerprint density at radius 1 is 1.55 bits per heavy atom. The summed E-state index contributed by atoms with van der Waals surface area (Å²) in [5, 5.41) is 3.33. The molecule has 1 aromatic heterocycles. The summed E-state index contributed by atoms with van der Waals surface area (Å²) in [7, 11) is 1.47. The fourth-order valence-electron chi connectivity index (χ4n) is 1.87. The molecule has 1 aliphatic rings. The number of morpholine rings is 1. The molecule has 0 aliphatic carbocycles. The number of halogens is 1. The van der Waals surface area contributed by atoms with Crippen molar-refractivity contribution in [1.29, 1.82) is 0 Å². The van der Waals surface area contributed by atoms with E-state index in [4.69, 9.17) is 21.1 Å². The molecule has 1 fully saturated rings. The first-order chi connectivity index (χ1) is 9.61. The van der Waals surface area contributed by atoms with Gasteiger partial charge >= 0.3 is 6.01 Å². The van der Waals surface area contributed by atoms with Gasteiger partial charge in [-0.05, 0) is 6.92 Å². The molecule has 2 heterocycles. The molecule has 110 valence electrons. The SMILES string of the molecule is COc1ncc(Cl)c(N[C@@H](C)C(=O)N2CCOCC2)n1. The van der Waals surface area contributed by atoms with Crippen LogP contribution in [0.25, 0.3) is 0 Å². The number of methoxy groups -OCH3 is 1. The van der Waals surface area contributed by atoms with Crippen LogP contribution in [0.1, 0.15) is 6.92 Å². The van der Waals surface area contributed by atoms with Gasteiger partial charge in [0.05, 0.1) is 26.5 Å². The molecule has 1 saturated heterocycles. The van der Waals surface area contributed by atoms with Gasteiger partial charge in [0.2, 0.25) is 5.91 Å². The van der Waals surface area contributed by atoms with Crippen LogP contribution in [0.3, 0.4) is 0 Å². The first kappa shape index (κ1) is 14.8. The Hall–Kier alpha value is -1.60. The summed E-state index contributed by atoms with van der Waals surface area (Å²) in [4.78, 5) is 22.0. The van der Waals surface area contributed by atoms with Gasteiger partial charge in [0.1, 0.15) is 11.1 Å². The monoisotopic (exact) mass is 300 g/mol. The van der Waals surface area contributed by atoms with Gasteiger partial charge in [-0.15, -0.1) is 0 Å². The summed E-state index contributed by atoms with van der Waals surface area (Å²) >= 11 is 6.00. The predicted octanol–water partition coefficient (Wildman–Crippen LogP) is 0.798. The third kappa shape index (κ3) is 3.49. The van der Waals surface area contributed by atoms with Crippen molar-refractivity contribution in [3.63, 3.8) is 0 Å². The van der Waals surface area contributed by atoms with Crippen LogP contribution in [0, 0.1) is 0 Å². The molecule has 20 heavy (non-hydrogen) atoms. The van der Waals surface area contributed by atoms with Crippen LogP contribution in [0.15, 0.2) is 6.20 Å². The minimum Gasteiger partial charge on any atom is -0.467 e. The Morgan fingerprint density at radius 2 is 2.25 bits per heavy atom. The van der Waals surface area contributed by atoms with E-state index in [1.165, 1.54) is 13.3 Å². The molecule has 1 amide bonds. The van der Waals surface area contributed by atoms with Gasteiger partial charge in [0, 0.05) is 13.1 Å². The number of nitrogens with zero attached hydrogens (tertiary/aromatic N) is 3. The number of anilines is 1. The Balaban J connectivity index is 2.03. The van der Waals surface area contributed by atoms with Gasteiger partial charge in [0.15, 0.2) is 5.82 Å². The zero-order valence-electron chi connectivity index (χ0n) is 11.4. The number of carbonyl (C=O) groups excluding carboxylic acids is 1. The molecule has 1 N–H and O–H groups in total. The van der Waals surface area contributed by atoms with Crippen molar-refractivity contribution >= 4 is 23.3 Å². The van der Waals surface area contributed by atoms with Crippen molar-refractivity contribution in [2.45, 2.75) is 13.0 Å². The van der Waals surface area contributed by atoms with Crippen molar-refractivity contribution in [2.24, 2.45) is 0 Å². The molecule has 1 atom stereocenters. The molecule has 0 aromatic carbocycles. The Kier molecular flexibility index (Phi) is 4.97. The first-order valence-electron chi connectivity index (χ1n) is 6.31. The molecule has 8 heteroatoms. The van der Waals surface area contributed by atoms with Crippen LogP contribution in [0.2, 0.25) is 5.02 Å². The summed E-state index contributed by atoms with van der Waals surface area (Å²) < 4.78 is 10.2. The normalized spacial score (nSPS) is 16.6. The standard InChI is InChI=1S/C12H17ClN4O3/c1-8(11(18)17-3-5-20-6-4-17)15-10-9(13)7-14-12(16-10)19-2/h7-8H,3-6H2,1-2H3,(H,14,15,16)/t8-/m0/s1.